The van der Waals surface area contributed by atoms with Crippen LogP contribution in [0.5, 0.6) is 0 Å². The van der Waals surface area contributed by atoms with Crippen LogP contribution < -0.4 is 5.32 Å². The Morgan fingerprint density at radius 2 is 1.29 bits per heavy atom. The lowest BCUT2D eigenvalue weighted by atomic mass is 10.0. The predicted molar refractivity (Wildman–Crippen MR) is 135 cm³/mol. The summed E-state index contributed by atoms with van der Waals surface area (Å²) in [5, 5.41) is 2.63. The van der Waals surface area contributed by atoms with E-state index in [-0.39, 0.29) is 5.91 Å². The second kappa shape index (κ2) is 17.9. The summed E-state index contributed by atoms with van der Waals surface area (Å²) in [5.41, 5.74) is 5.67. The number of nitrogens with one attached hydrogen (secondary N) is 1. The van der Waals surface area contributed by atoms with Gasteiger partial charge < -0.3 is 10.1 Å². The topological polar surface area (TPSA) is 55.4 Å². The molecule has 0 saturated carbocycles. The van der Waals surface area contributed by atoms with E-state index < -0.39 is 12.0 Å². The quantitative estimate of drug-likeness (QED) is 0.175. The van der Waals surface area contributed by atoms with E-state index >= 15 is 0 Å². The number of amides is 1. The smallest absolute Gasteiger partial charge is 0.329 e. The summed E-state index contributed by atoms with van der Waals surface area (Å²) in [5.74, 6) is 0.704. The molecular weight excluding hydrogens is 406 g/mol. The molecular formula is C26H43NO3S. The Kier molecular flexibility index (Phi) is 16.9. The number of carbonyl (C=O) groups excluding carboxylic acids is 2. The average molecular weight is 450 g/mol. The van der Waals surface area contributed by atoms with Crippen molar-refractivity contribution in [2.75, 3.05) is 18.6 Å². The molecule has 1 N–H and O–H groups in total. The molecule has 0 spiro atoms. The monoisotopic (exact) mass is 449 g/mol. The van der Waals surface area contributed by atoms with Crippen molar-refractivity contribution >= 4 is 23.6 Å². The third-order valence-corrected chi connectivity index (χ3v) is 5.82. The van der Waals surface area contributed by atoms with E-state index in [0.717, 1.165) is 44.3 Å². The van der Waals surface area contributed by atoms with Gasteiger partial charge >= 0.3 is 5.97 Å². The van der Waals surface area contributed by atoms with Crippen molar-refractivity contribution in [3.8, 4) is 0 Å². The number of ether oxygens (including phenoxy) is 1. The summed E-state index contributed by atoms with van der Waals surface area (Å²) in [4.78, 5) is 22.9. The van der Waals surface area contributed by atoms with Gasteiger partial charge in [0.25, 0.3) is 0 Å². The van der Waals surface area contributed by atoms with Gasteiger partial charge in [0.1, 0.15) is 6.04 Å². The third-order valence-electron chi connectivity index (χ3n) is 4.85. The molecule has 0 saturated heterocycles. The lowest BCUT2D eigenvalue weighted by Gasteiger charge is -2.14. The molecule has 4 nitrogen and oxygen atoms in total. The highest BCUT2D eigenvalue weighted by Crippen LogP contribution is 2.14. The van der Waals surface area contributed by atoms with Crippen LogP contribution in [0.4, 0.5) is 0 Å². The fourth-order valence-electron chi connectivity index (χ4n) is 2.93. The summed E-state index contributed by atoms with van der Waals surface area (Å²) in [6, 6.07) is -0.586. The Morgan fingerprint density at radius 3 is 1.74 bits per heavy atom. The van der Waals surface area contributed by atoms with E-state index in [1.807, 2.05) is 0 Å². The molecule has 0 aromatic heterocycles. The van der Waals surface area contributed by atoms with Crippen molar-refractivity contribution in [3.05, 3.63) is 46.6 Å². The first-order valence-electron chi connectivity index (χ1n) is 11.2. The van der Waals surface area contributed by atoms with Crippen LogP contribution in [-0.4, -0.2) is 36.5 Å². The zero-order valence-electron chi connectivity index (χ0n) is 20.7. The maximum atomic E-state index is 11.7. The SMILES string of the molecule is COC(=O)[C@H](CSC/C=C(\C)CC/C=C(\C)CC/C=C(\C)CCC=C(C)C)NC(C)=O. The number of hydrogen-bond acceptors (Lipinski definition) is 4. The van der Waals surface area contributed by atoms with Crippen LogP contribution in [0.25, 0.3) is 0 Å². The van der Waals surface area contributed by atoms with Gasteiger partial charge in [0.05, 0.1) is 7.11 Å². The number of hydrogen-bond donors (Lipinski definition) is 1. The van der Waals surface area contributed by atoms with Crippen molar-refractivity contribution in [2.24, 2.45) is 0 Å². The molecule has 176 valence electrons. The summed E-state index contributed by atoms with van der Waals surface area (Å²) in [7, 11) is 1.34. The molecule has 5 heteroatoms. The van der Waals surface area contributed by atoms with E-state index in [2.05, 4.69) is 64.2 Å². The lowest BCUT2D eigenvalue weighted by Crippen LogP contribution is -2.42. The first kappa shape index (κ1) is 29.2. The third kappa shape index (κ3) is 17.6. The molecule has 0 heterocycles. The largest absolute Gasteiger partial charge is 0.467 e. The predicted octanol–water partition coefficient (Wildman–Crippen LogP) is 6.54. The molecule has 0 radical (unpaired) electrons. The summed E-state index contributed by atoms with van der Waals surface area (Å²) in [6.45, 7) is 12.3. The van der Waals surface area contributed by atoms with Crippen LogP contribution in [0.1, 0.15) is 80.1 Å². The van der Waals surface area contributed by atoms with Crippen molar-refractivity contribution in [1.29, 1.82) is 0 Å². The molecule has 0 aromatic carbocycles. The van der Waals surface area contributed by atoms with Gasteiger partial charge in [0, 0.05) is 18.4 Å². The van der Waals surface area contributed by atoms with Crippen molar-refractivity contribution in [2.45, 2.75) is 86.1 Å². The molecule has 31 heavy (non-hydrogen) atoms. The van der Waals surface area contributed by atoms with Crippen molar-refractivity contribution in [1.82, 2.24) is 5.32 Å². The van der Waals surface area contributed by atoms with E-state index in [0.29, 0.717) is 5.75 Å². The number of allylic oxidation sites excluding steroid dienone is 7. The first-order valence-corrected chi connectivity index (χ1v) is 12.3. The molecule has 1 amide bonds. The van der Waals surface area contributed by atoms with Gasteiger partial charge in [-0.05, 0) is 73.1 Å². The average Bonchev–Trinajstić information content (AvgIpc) is 2.69. The molecule has 1 atom stereocenters. The Balaban J connectivity index is 4.18. The number of carbonyl (C=O) groups is 2. The number of esters is 1. The van der Waals surface area contributed by atoms with Gasteiger partial charge in [-0.1, -0.05) is 46.6 Å². The maximum Gasteiger partial charge on any atom is 0.329 e. The van der Waals surface area contributed by atoms with Crippen LogP contribution in [0.3, 0.4) is 0 Å². The molecule has 0 aliphatic rings. The lowest BCUT2D eigenvalue weighted by molar-refractivity contribution is -0.144. The molecule has 0 bridgehead atoms. The second-order valence-electron chi connectivity index (χ2n) is 8.36. The highest BCUT2D eigenvalue weighted by molar-refractivity contribution is 7.99. The standard InChI is InChI=1S/C26H43NO3S/c1-20(2)11-8-12-21(3)13-9-14-22(4)15-10-16-23(5)17-18-31-19-25(26(29)30-7)27-24(6)28/h11,13,15,17,25H,8-10,12,14,16,18-19H2,1-7H3,(H,27,28)/b21-13+,22-15+,23-17+/t25-/m0/s1. The van der Waals surface area contributed by atoms with Gasteiger partial charge in [-0.25, -0.2) is 4.79 Å². The fourth-order valence-corrected chi connectivity index (χ4v) is 3.92. The normalized spacial score (nSPS) is 13.6. The minimum atomic E-state index is -0.586. The van der Waals surface area contributed by atoms with Gasteiger partial charge in [-0.2, -0.15) is 11.8 Å². The summed E-state index contributed by atoms with van der Waals surface area (Å²) < 4.78 is 4.74. The zero-order valence-corrected chi connectivity index (χ0v) is 21.5. The Labute approximate surface area is 194 Å². The van der Waals surface area contributed by atoms with E-state index in [4.69, 9.17) is 4.74 Å². The van der Waals surface area contributed by atoms with Gasteiger partial charge in [0.2, 0.25) is 5.91 Å². The Hall–Kier alpha value is -1.75. The van der Waals surface area contributed by atoms with Crippen LogP contribution in [0.15, 0.2) is 46.6 Å². The highest BCUT2D eigenvalue weighted by atomic mass is 32.2. The van der Waals surface area contributed by atoms with Crippen LogP contribution in [0.2, 0.25) is 0 Å². The van der Waals surface area contributed by atoms with E-state index in [1.165, 1.54) is 36.3 Å². The molecule has 0 aromatic rings. The maximum absolute atomic E-state index is 11.7. The molecule has 0 aliphatic carbocycles. The van der Waals surface area contributed by atoms with E-state index in [1.54, 1.807) is 11.8 Å². The number of methoxy groups -OCH3 is 1. The fraction of sp³-hybridized carbons (Fsp3) is 0.615. The van der Waals surface area contributed by atoms with Gasteiger partial charge in [-0.3, -0.25) is 4.79 Å². The highest BCUT2D eigenvalue weighted by Gasteiger charge is 2.19. The van der Waals surface area contributed by atoms with E-state index in [9.17, 15) is 9.59 Å². The van der Waals surface area contributed by atoms with Crippen molar-refractivity contribution in [3.63, 3.8) is 0 Å². The molecule has 0 rings (SSSR count). The Bertz CT molecular complexity index is 670. The van der Waals surface area contributed by atoms with Gasteiger partial charge in [0.15, 0.2) is 0 Å². The van der Waals surface area contributed by atoms with Crippen LogP contribution in [-0.2, 0) is 14.3 Å². The minimum absolute atomic E-state index is 0.223. The Morgan fingerprint density at radius 1 is 0.806 bits per heavy atom. The number of thioether (sulfide) groups is 1. The van der Waals surface area contributed by atoms with Crippen molar-refractivity contribution < 1.29 is 14.3 Å². The minimum Gasteiger partial charge on any atom is -0.467 e. The van der Waals surface area contributed by atoms with Crippen LogP contribution >= 0.6 is 11.8 Å². The second-order valence-corrected chi connectivity index (χ2v) is 9.44. The molecule has 0 unspecified atom stereocenters. The zero-order chi connectivity index (χ0) is 23.6. The summed E-state index contributed by atoms with van der Waals surface area (Å²) >= 11 is 1.62. The molecule has 0 fully saturated rings. The summed E-state index contributed by atoms with van der Waals surface area (Å²) in [6.07, 6.45) is 15.9. The first-order chi connectivity index (χ1) is 14.6. The van der Waals surface area contributed by atoms with Crippen LogP contribution in [0, 0.1) is 0 Å². The molecule has 0 aliphatic heterocycles. The van der Waals surface area contributed by atoms with Gasteiger partial charge in [-0.15, -0.1) is 0 Å². The number of rotatable bonds is 15.